The Balaban J connectivity index is 1.63. The predicted octanol–water partition coefficient (Wildman–Crippen LogP) is 3.57. The van der Waals surface area contributed by atoms with E-state index in [4.69, 9.17) is 9.15 Å². The Bertz CT molecular complexity index is 702. The van der Waals surface area contributed by atoms with Crippen molar-refractivity contribution in [3.63, 3.8) is 0 Å². The van der Waals surface area contributed by atoms with Gasteiger partial charge >= 0.3 is 5.97 Å². The Hall–Kier alpha value is -1.88. The Labute approximate surface area is 130 Å². The third-order valence-corrected chi connectivity index (χ3v) is 3.96. The van der Waals surface area contributed by atoms with Crippen LogP contribution in [0, 0.1) is 0 Å². The van der Waals surface area contributed by atoms with Gasteiger partial charge in [-0.1, -0.05) is 12.1 Å². The minimum Gasteiger partial charge on any atom is -0.451 e. The molecule has 0 radical (unpaired) electrons. The molecular formula is C16H13BrO4. The fourth-order valence-electron chi connectivity index (χ4n) is 2.45. The van der Waals surface area contributed by atoms with Crippen LogP contribution in [-0.4, -0.2) is 18.4 Å². The first-order valence-corrected chi connectivity index (χ1v) is 7.50. The molecule has 0 saturated heterocycles. The molecule has 1 aromatic heterocycles. The number of hydrogen-bond donors (Lipinski definition) is 0. The summed E-state index contributed by atoms with van der Waals surface area (Å²) in [6.07, 6.45) is 3.22. The molecule has 2 aromatic rings. The first-order valence-electron chi connectivity index (χ1n) is 6.71. The van der Waals surface area contributed by atoms with Gasteiger partial charge in [-0.05, 0) is 64.5 Å². The Kier molecular flexibility index (Phi) is 3.92. The van der Waals surface area contributed by atoms with Crippen LogP contribution in [0.5, 0.6) is 0 Å². The molecule has 0 aliphatic heterocycles. The second kappa shape index (κ2) is 5.85. The first kappa shape index (κ1) is 14.1. The lowest BCUT2D eigenvalue weighted by Crippen LogP contribution is -2.14. The maximum Gasteiger partial charge on any atom is 0.374 e. The quantitative estimate of drug-likeness (QED) is 0.626. The van der Waals surface area contributed by atoms with Crippen molar-refractivity contribution in [1.82, 2.24) is 0 Å². The zero-order chi connectivity index (χ0) is 14.8. The highest BCUT2D eigenvalue weighted by molar-refractivity contribution is 9.10. The van der Waals surface area contributed by atoms with Crippen LogP contribution in [0.2, 0.25) is 0 Å². The summed E-state index contributed by atoms with van der Waals surface area (Å²) in [6, 6.07) is 8.78. The van der Waals surface area contributed by atoms with Gasteiger partial charge in [0.05, 0.1) is 0 Å². The van der Waals surface area contributed by atoms with Gasteiger partial charge in [-0.25, -0.2) is 4.79 Å². The van der Waals surface area contributed by atoms with Gasteiger partial charge in [0.15, 0.2) is 17.1 Å². The van der Waals surface area contributed by atoms with Gasteiger partial charge in [0.2, 0.25) is 5.76 Å². The van der Waals surface area contributed by atoms with Crippen molar-refractivity contribution >= 4 is 27.7 Å². The number of benzene rings is 1. The summed E-state index contributed by atoms with van der Waals surface area (Å²) in [4.78, 5) is 23.8. The van der Waals surface area contributed by atoms with Crippen LogP contribution in [-0.2, 0) is 17.6 Å². The number of esters is 1. The molecule has 0 unspecified atom stereocenters. The van der Waals surface area contributed by atoms with Gasteiger partial charge < -0.3 is 9.15 Å². The third kappa shape index (κ3) is 3.08. The standard InChI is InChI=1S/C16H13BrO4/c17-15-7-6-14(21-15)16(19)20-9-13(18)12-5-4-10-2-1-3-11(10)8-12/h4-8H,1-3,9H2. The van der Waals surface area contributed by atoms with Crippen LogP contribution in [0.1, 0.15) is 38.5 Å². The zero-order valence-corrected chi connectivity index (χ0v) is 12.8. The number of furan rings is 1. The SMILES string of the molecule is O=C(COC(=O)c1ccc(Br)o1)c1ccc2c(c1)CCC2. The van der Waals surface area contributed by atoms with Crippen LogP contribution < -0.4 is 0 Å². The van der Waals surface area contributed by atoms with Gasteiger partial charge in [0, 0.05) is 5.56 Å². The van der Waals surface area contributed by atoms with E-state index in [2.05, 4.69) is 15.9 Å². The fourth-order valence-corrected chi connectivity index (χ4v) is 2.76. The number of rotatable bonds is 4. The molecule has 21 heavy (non-hydrogen) atoms. The van der Waals surface area contributed by atoms with Crippen molar-refractivity contribution in [3.8, 4) is 0 Å². The number of ether oxygens (including phenoxy) is 1. The molecule has 108 valence electrons. The number of halogens is 1. The predicted molar refractivity (Wildman–Crippen MR) is 79.5 cm³/mol. The lowest BCUT2D eigenvalue weighted by molar-refractivity contribution is 0.0442. The molecule has 1 aliphatic carbocycles. The van der Waals surface area contributed by atoms with Gasteiger partial charge in [-0.3, -0.25) is 4.79 Å². The molecule has 0 fully saturated rings. The van der Waals surface area contributed by atoms with E-state index in [9.17, 15) is 9.59 Å². The number of carbonyl (C=O) groups excluding carboxylic acids is 2. The Morgan fingerprint density at radius 2 is 1.95 bits per heavy atom. The summed E-state index contributed by atoms with van der Waals surface area (Å²) in [5, 5.41) is 0. The van der Waals surface area contributed by atoms with Crippen molar-refractivity contribution in [2.45, 2.75) is 19.3 Å². The first-order chi connectivity index (χ1) is 10.1. The summed E-state index contributed by atoms with van der Waals surface area (Å²) in [6.45, 7) is -0.282. The van der Waals surface area contributed by atoms with Gasteiger partial charge in [-0.2, -0.15) is 0 Å². The highest BCUT2D eigenvalue weighted by Gasteiger charge is 2.17. The molecule has 1 aromatic carbocycles. The van der Waals surface area contributed by atoms with E-state index in [0.717, 1.165) is 19.3 Å². The van der Waals surface area contributed by atoms with Crippen molar-refractivity contribution in [2.24, 2.45) is 0 Å². The molecule has 3 rings (SSSR count). The van der Waals surface area contributed by atoms with Crippen molar-refractivity contribution in [3.05, 3.63) is 57.5 Å². The van der Waals surface area contributed by atoms with Crippen LogP contribution in [0.15, 0.2) is 39.4 Å². The lowest BCUT2D eigenvalue weighted by Gasteiger charge is -2.05. The van der Waals surface area contributed by atoms with E-state index in [1.54, 1.807) is 12.1 Å². The molecule has 0 spiro atoms. The largest absolute Gasteiger partial charge is 0.451 e. The molecule has 0 N–H and O–H groups in total. The van der Waals surface area contributed by atoms with Crippen molar-refractivity contribution in [2.75, 3.05) is 6.61 Å². The molecule has 4 nitrogen and oxygen atoms in total. The smallest absolute Gasteiger partial charge is 0.374 e. The van der Waals surface area contributed by atoms with Crippen LogP contribution in [0.3, 0.4) is 0 Å². The normalized spacial score (nSPS) is 13.0. The third-order valence-electron chi connectivity index (χ3n) is 3.53. The minimum absolute atomic E-state index is 0.0728. The number of carbonyl (C=O) groups is 2. The van der Waals surface area contributed by atoms with E-state index in [-0.39, 0.29) is 18.2 Å². The van der Waals surface area contributed by atoms with E-state index in [1.165, 1.54) is 17.2 Å². The van der Waals surface area contributed by atoms with E-state index >= 15 is 0 Å². The maximum absolute atomic E-state index is 12.1. The van der Waals surface area contributed by atoms with Crippen molar-refractivity contribution < 1.29 is 18.7 Å². The minimum atomic E-state index is -0.643. The Morgan fingerprint density at radius 3 is 2.71 bits per heavy atom. The molecule has 0 atom stereocenters. The van der Waals surface area contributed by atoms with Crippen LogP contribution in [0.25, 0.3) is 0 Å². The summed E-state index contributed by atoms with van der Waals surface area (Å²) in [5.74, 6) is -0.775. The fraction of sp³-hybridized carbons (Fsp3) is 0.250. The van der Waals surface area contributed by atoms with E-state index in [0.29, 0.717) is 10.2 Å². The van der Waals surface area contributed by atoms with Gasteiger partial charge in [0.25, 0.3) is 0 Å². The summed E-state index contributed by atoms with van der Waals surface area (Å²) in [7, 11) is 0. The molecule has 0 saturated carbocycles. The second-order valence-electron chi connectivity index (χ2n) is 4.94. The number of fused-ring (bicyclic) bond motifs is 1. The van der Waals surface area contributed by atoms with E-state index in [1.807, 2.05) is 12.1 Å². The molecular weight excluding hydrogens is 336 g/mol. The summed E-state index contributed by atoms with van der Waals surface area (Å²) >= 11 is 3.10. The molecule has 0 amide bonds. The second-order valence-corrected chi connectivity index (χ2v) is 5.72. The zero-order valence-electron chi connectivity index (χ0n) is 11.2. The van der Waals surface area contributed by atoms with Gasteiger partial charge in [-0.15, -0.1) is 0 Å². The van der Waals surface area contributed by atoms with E-state index < -0.39 is 5.97 Å². The number of aryl methyl sites for hydroxylation is 2. The van der Waals surface area contributed by atoms with Crippen LogP contribution >= 0.6 is 15.9 Å². The van der Waals surface area contributed by atoms with Gasteiger partial charge in [0.1, 0.15) is 0 Å². The maximum atomic E-state index is 12.1. The number of Topliss-reactive ketones (excluding diaryl/α,β-unsaturated/α-hetero) is 1. The molecule has 5 heteroatoms. The van der Waals surface area contributed by atoms with Crippen LogP contribution in [0.4, 0.5) is 0 Å². The summed E-state index contributed by atoms with van der Waals surface area (Å²) < 4.78 is 10.5. The van der Waals surface area contributed by atoms with Crippen molar-refractivity contribution in [1.29, 1.82) is 0 Å². The number of hydrogen-bond acceptors (Lipinski definition) is 4. The monoisotopic (exact) mass is 348 g/mol. The Morgan fingerprint density at radius 1 is 1.14 bits per heavy atom. The highest BCUT2D eigenvalue weighted by atomic mass is 79.9. The highest BCUT2D eigenvalue weighted by Crippen LogP contribution is 2.23. The summed E-state index contributed by atoms with van der Waals surface area (Å²) in [5.41, 5.74) is 3.12. The lowest BCUT2D eigenvalue weighted by atomic mass is 10.0. The molecule has 0 bridgehead atoms. The number of ketones is 1. The molecule has 1 aliphatic rings. The molecule has 1 heterocycles. The average Bonchev–Trinajstić information content (AvgIpc) is 3.12. The topological polar surface area (TPSA) is 56.5 Å². The average molecular weight is 349 g/mol.